The number of unbranched alkanes of at least 4 members (excludes halogenated alkanes) is 3. The van der Waals surface area contributed by atoms with E-state index in [9.17, 15) is 9.59 Å². The molecule has 0 aliphatic heterocycles. The zero-order valence-corrected chi connectivity index (χ0v) is 19.9. The summed E-state index contributed by atoms with van der Waals surface area (Å²) < 4.78 is 21.5. The first kappa shape index (κ1) is 25.2. The van der Waals surface area contributed by atoms with Gasteiger partial charge in [0, 0.05) is 13.7 Å². The van der Waals surface area contributed by atoms with E-state index in [4.69, 9.17) is 18.9 Å². The van der Waals surface area contributed by atoms with E-state index >= 15 is 0 Å². The molecule has 0 bridgehead atoms. The van der Waals surface area contributed by atoms with Gasteiger partial charge < -0.3 is 18.9 Å². The Morgan fingerprint density at radius 1 is 0.853 bits per heavy atom. The molecule has 0 aliphatic carbocycles. The summed E-state index contributed by atoms with van der Waals surface area (Å²) in [6.45, 7) is 3.92. The fourth-order valence-electron chi connectivity index (χ4n) is 3.75. The van der Waals surface area contributed by atoms with Crippen molar-refractivity contribution in [2.45, 2.75) is 45.4 Å². The molecule has 0 aromatic heterocycles. The molecular formula is C28H32O6. The Morgan fingerprint density at radius 3 is 2.35 bits per heavy atom. The zero-order chi connectivity index (χ0) is 24.2. The summed E-state index contributed by atoms with van der Waals surface area (Å²) in [4.78, 5) is 23.4. The smallest absolute Gasteiger partial charge is 0.343 e. The van der Waals surface area contributed by atoms with E-state index in [0.29, 0.717) is 36.6 Å². The Morgan fingerprint density at radius 2 is 1.59 bits per heavy atom. The van der Waals surface area contributed by atoms with Crippen LogP contribution in [-0.2, 0) is 16.0 Å². The summed E-state index contributed by atoms with van der Waals surface area (Å²) in [6.07, 6.45) is 5.94. The van der Waals surface area contributed by atoms with Crippen LogP contribution < -0.4 is 14.2 Å². The molecule has 0 radical (unpaired) electrons. The third kappa shape index (κ3) is 7.32. The van der Waals surface area contributed by atoms with Crippen LogP contribution in [-0.4, -0.2) is 32.8 Å². The predicted octanol–water partition coefficient (Wildman–Crippen LogP) is 6.13. The topological polar surface area (TPSA) is 71.1 Å². The molecule has 0 amide bonds. The van der Waals surface area contributed by atoms with E-state index < -0.39 is 5.97 Å². The molecule has 0 heterocycles. The molecule has 34 heavy (non-hydrogen) atoms. The number of hydrogen-bond acceptors (Lipinski definition) is 6. The van der Waals surface area contributed by atoms with Gasteiger partial charge >= 0.3 is 5.97 Å². The Kier molecular flexibility index (Phi) is 9.92. The lowest BCUT2D eigenvalue weighted by atomic mass is 10.1. The standard InChI is InChI=1S/C28H32O6/c1-3-8-23-19-26(13-14-27(23)33-20-29)34-28(30)24-10-9-22-18-25(12-11-21(22)17-24)32-16-7-5-4-6-15-31-2/h9-14,17-20H,3-8,15-16H2,1-2H3. The fraction of sp³-hybridized carbons (Fsp3) is 0.357. The first-order chi connectivity index (χ1) is 16.6. The molecule has 3 rings (SSSR count). The molecule has 0 spiro atoms. The molecule has 6 nitrogen and oxygen atoms in total. The second kappa shape index (κ2) is 13.4. The summed E-state index contributed by atoms with van der Waals surface area (Å²) in [5, 5.41) is 1.93. The lowest BCUT2D eigenvalue weighted by Gasteiger charge is -2.11. The molecular weight excluding hydrogens is 432 g/mol. The number of carbonyl (C=O) groups excluding carboxylic acids is 2. The van der Waals surface area contributed by atoms with Crippen LogP contribution in [0.5, 0.6) is 17.2 Å². The SMILES string of the molecule is CCCc1cc(OC(=O)c2ccc3cc(OCCCCCCOC)ccc3c2)ccc1OC=O. The van der Waals surface area contributed by atoms with Crippen molar-refractivity contribution in [2.75, 3.05) is 20.3 Å². The fourth-order valence-corrected chi connectivity index (χ4v) is 3.75. The monoisotopic (exact) mass is 464 g/mol. The van der Waals surface area contributed by atoms with Gasteiger partial charge in [0.1, 0.15) is 17.2 Å². The van der Waals surface area contributed by atoms with E-state index in [0.717, 1.165) is 60.8 Å². The minimum Gasteiger partial charge on any atom is -0.494 e. The minimum atomic E-state index is -0.442. The highest BCUT2D eigenvalue weighted by atomic mass is 16.5. The van der Waals surface area contributed by atoms with Crippen LogP contribution in [0.15, 0.2) is 54.6 Å². The number of esters is 1. The molecule has 0 atom stereocenters. The number of ether oxygens (including phenoxy) is 4. The lowest BCUT2D eigenvalue weighted by molar-refractivity contribution is -0.120. The van der Waals surface area contributed by atoms with Crippen LogP contribution >= 0.6 is 0 Å². The zero-order valence-electron chi connectivity index (χ0n) is 19.9. The van der Waals surface area contributed by atoms with Crippen molar-refractivity contribution in [2.24, 2.45) is 0 Å². The summed E-state index contributed by atoms with van der Waals surface area (Å²) in [5.74, 6) is 1.27. The van der Waals surface area contributed by atoms with E-state index in [1.165, 1.54) is 0 Å². The number of benzene rings is 3. The maximum atomic E-state index is 12.7. The normalized spacial score (nSPS) is 10.8. The number of aryl methyl sites for hydroxylation is 1. The number of fused-ring (bicyclic) bond motifs is 1. The molecule has 180 valence electrons. The summed E-state index contributed by atoms with van der Waals surface area (Å²) in [7, 11) is 1.73. The highest BCUT2D eigenvalue weighted by molar-refractivity contribution is 5.96. The average molecular weight is 465 g/mol. The van der Waals surface area contributed by atoms with E-state index in [2.05, 4.69) is 0 Å². The van der Waals surface area contributed by atoms with Crippen molar-refractivity contribution in [3.63, 3.8) is 0 Å². The Labute approximate surface area is 200 Å². The molecule has 3 aromatic carbocycles. The largest absolute Gasteiger partial charge is 0.494 e. The predicted molar refractivity (Wildman–Crippen MR) is 132 cm³/mol. The van der Waals surface area contributed by atoms with Crippen molar-refractivity contribution in [3.05, 3.63) is 65.7 Å². The van der Waals surface area contributed by atoms with E-state index in [1.54, 1.807) is 31.4 Å². The molecule has 0 N–H and O–H groups in total. The van der Waals surface area contributed by atoms with Gasteiger partial charge in [-0.15, -0.1) is 0 Å². The van der Waals surface area contributed by atoms with Gasteiger partial charge in [-0.1, -0.05) is 31.9 Å². The van der Waals surface area contributed by atoms with Crippen LogP contribution in [0.25, 0.3) is 10.8 Å². The quantitative estimate of drug-likeness (QED) is 0.124. The van der Waals surface area contributed by atoms with Crippen molar-refractivity contribution >= 4 is 23.2 Å². The Hall–Kier alpha value is -3.38. The molecule has 0 aliphatic rings. The molecule has 0 saturated carbocycles. The maximum Gasteiger partial charge on any atom is 0.343 e. The first-order valence-electron chi connectivity index (χ1n) is 11.8. The summed E-state index contributed by atoms with van der Waals surface area (Å²) in [5.41, 5.74) is 1.28. The molecule has 0 saturated heterocycles. The summed E-state index contributed by atoms with van der Waals surface area (Å²) in [6, 6.07) is 16.3. The van der Waals surface area contributed by atoms with Gasteiger partial charge in [0.05, 0.1) is 12.2 Å². The second-order valence-corrected chi connectivity index (χ2v) is 8.10. The first-order valence-corrected chi connectivity index (χ1v) is 11.8. The maximum absolute atomic E-state index is 12.7. The van der Waals surface area contributed by atoms with Crippen LogP contribution in [0.1, 0.15) is 54.9 Å². The Bertz CT molecular complexity index is 1090. The van der Waals surface area contributed by atoms with Gasteiger partial charge in [-0.2, -0.15) is 0 Å². The van der Waals surface area contributed by atoms with Gasteiger partial charge in [0.25, 0.3) is 6.47 Å². The van der Waals surface area contributed by atoms with Gasteiger partial charge in [-0.25, -0.2) is 4.79 Å². The van der Waals surface area contributed by atoms with Gasteiger partial charge in [0.15, 0.2) is 0 Å². The van der Waals surface area contributed by atoms with Gasteiger partial charge in [-0.3, -0.25) is 4.79 Å². The number of methoxy groups -OCH3 is 1. The van der Waals surface area contributed by atoms with Crippen LogP contribution in [0.3, 0.4) is 0 Å². The van der Waals surface area contributed by atoms with Crippen LogP contribution in [0.4, 0.5) is 0 Å². The van der Waals surface area contributed by atoms with E-state index in [-0.39, 0.29) is 0 Å². The van der Waals surface area contributed by atoms with Gasteiger partial charge in [0.2, 0.25) is 0 Å². The minimum absolute atomic E-state index is 0.399. The summed E-state index contributed by atoms with van der Waals surface area (Å²) >= 11 is 0. The third-order valence-corrected chi connectivity index (χ3v) is 5.50. The lowest BCUT2D eigenvalue weighted by Crippen LogP contribution is -2.09. The van der Waals surface area contributed by atoms with Crippen molar-refractivity contribution in [1.82, 2.24) is 0 Å². The average Bonchev–Trinajstić information content (AvgIpc) is 2.85. The molecule has 6 heteroatoms. The highest BCUT2D eigenvalue weighted by Gasteiger charge is 2.12. The number of rotatable bonds is 14. The number of hydrogen-bond donors (Lipinski definition) is 0. The second-order valence-electron chi connectivity index (χ2n) is 8.10. The number of carbonyl (C=O) groups is 2. The van der Waals surface area contributed by atoms with Crippen molar-refractivity contribution < 1.29 is 28.5 Å². The van der Waals surface area contributed by atoms with E-state index in [1.807, 2.05) is 37.3 Å². The Balaban J connectivity index is 1.60. The van der Waals surface area contributed by atoms with Crippen LogP contribution in [0, 0.1) is 0 Å². The molecule has 0 fully saturated rings. The third-order valence-electron chi connectivity index (χ3n) is 5.50. The van der Waals surface area contributed by atoms with Crippen molar-refractivity contribution in [1.29, 1.82) is 0 Å². The van der Waals surface area contributed by atoms with Crippen LogP contribution in [0.2, 0.25) is 0 Å². The highest BCUT2D eigenvalue weighted by Crippen LogP contribution is 2.27. The van der Waals surface area contributed by atoms with Crippen molar-refractivity contribution in [3.8, 4) is 17.2 Å². The molecule has 0 unspecified atom stereocenters. The molecule has 3 aromatic rings. The van der Waals surface area contributed by atoms with Gasteiger partial charge in [-0.05, 0) is 84.5 Å².